The molecule has 2 heterocycles. The van der Waals surface area contributed by atoms with Crippen molar-refractivity contribution in [2.75, 3.05) is 6.54 Å². The predicted molar refractivity (Wildman–Crippen MR) is 96.6 cm³/mol. The number of thiazole rings is 1. The van der Waals surface area contributed by atoms with Crippen LogP contribution in [-0.4, -0.2) is 28.4 Å². The minimum Gasteiger partial charge on any atom is -0.487 e. The van der Waals surface area contributed by atoms with Crippen LogP contribution in [0.3, 0.4) is 0 Å². The predicted octanol–water partition coefficient (Wildman–Crippen LogP) is 4.44. The maximum absolute atomic E-state index is 12.9. The van der Waals surface area contributed by atoms with Crippen molar-refractivity contribution in [3.63, 3.8) is 0 Å². The fourth-order valence-corrected chi connectivity index (χ4v) is 3.81. The summed E-state index contributed by atoms with van der Waals surface area (Å²) in [7, 11) is 0. The van der Waals surface area contributed by atoms with Crippen LogP contribution in [0, 0.1) is 6.92 Å². The molecule has 1 aromatic heterocycles. The highest BCUT2D eigenvalue weighted by Crippen LogP contribution is 2.23. The maximum Gasteiger partial charge on any atom is 0.254 e. The average molecular weight is 344 g/mol. The number of piperidine rings is 1. The largest absolute Gasteiger partial charge is 0.487 e. The Balaban J connectivity index is 1.68. The number of likely N-dealkylation sites (tertiary alicyclic amines) is 1. The molecule has 1 aromatic carbocycles. The summed E-state index contributed by atoms with van der Waals surface area (Å²) < 4.78 is 5.81. The molecular weight excluding hydrogens is 320 g/mol. The lowest BCUT2D eigenvalue weighted by Gasteiger charge is -2.35. The average Bonchev–Trinajstić information content (AvgIpc) is 3.05. The molecule has 0 spiro atoms. The first-order valence-corrected chi connectivity index (χ1v) is 9.50. The molecule has 128 valence electrons. The second-order valence-electron chi connectivity index (χ2n) is 6.23. The quantitative estimate of drug-likeness (QED) is 0.805. The van der Waals surface area contributed by atoms with Crippen molar-refractivity contribution >= 4 is 17.2 Å². The molecule has 0 aliphatic carbocycles. The number of aromatic nitrogens is 1. The van der Waals surface area contributed by atoms with Crippen LogP contribution in [-0.2, 0) is 6.61 Å². The minimum absolute atomic E-state index is 0.122. The van der Waals surface area contributed by atoms with E-state index in [0.29, 0.717) is 18.2 Å². The van der Waals surface area contributed by atoms with E-state index in [9.17, 15) is 4.79 Å². The zero-order valence-electron chi connectivity index (χ0n) is 14.3. The monoisotopic (exact) mass is 344 g/mol. The zero-order valence-corrected chi connectivity index (χ0v) is 15.1. The Labute approximate surface area is 147 Å². The van der Waals surface area contributed by atoms with Gasteiger partial charge in [-0.1, -0.05) is 13.0 Å². The summed E-state index contributed by atoms with van der Waals surface area (Å²) in [6.45, 7) is 5.44. The number of carbonyl (C=O) groups excluding carboxylic acids is 1. The van der Waals surface area contributed by atoms with Crippen LogP contribution in [0.15, 0.2) is 29.6 Å². The van der Waals surface area contributed by atoms with E-state index in [1.807, 2.05) is 41.5 Å². The van der Waals surface area contributed by atoms with Crippen molar-refractivity contribution in [3.8, 4) is 5.75 Å². The molecule has 5 heteroatoms. The molecule has 1 aliphatic heterocycles. The fourth-order valence-electron chi connectivity index (χ4n) is 3.21. The van der Waals surface area contributed by atoms with Gasteiger partial charge in [-0.3, -0.25) is 4.79 Å². The highest BCUT2D eigenvalue weighted by Gasteiger charge is 2.26. The van der Waals surface area contributed by atoms with Crippen molar-refractivity contribution in [2.24, 2.45) is 0 Å². The summed E-state index contributed by atoms with van der Waals surface area (Å²) in [5, 5.41) is 3.04. The minimum atomic E-state index is 0.122. The molecule has 1 aliphatic rings. The van der Waals surface area contributed by atoms with E-state index in [4.69, 9.17) is 4.74 Å². The summed E-state index contributed by atoms with van der Waals surface area (Å²) in [6, 6.07) is 7.88. The Kier molecular flexibility index (Phi) is 5.51. The normalized spacial score (nSPS) is 17.8. The second-order valence-corrected chi connectivity index (χ2v) is 7.29. The third kappa shape index (κ3) is 3.96. The summed E-state index contributed by atoms with van der Waals surface area (Å²) in [6.07, 6.45) is 4.45. The van der Waals surface area contributed by atoms with Crippen molar-refractivity contribution in [1.29, 1.82) is 0 Å². The molecule has 1 amide bonds. The Bertz CT molecular complexity index is 698. The number of nitrogens with zero attached hydrogens (tertiary/aromatic N) is 2. The third-order valence-corrected chi connectivity index (χ3v) is 5.32. The number of hydrogen-bond donors (Lipinski definition) is 0. The van der Waals surface area contributed by atoms with Crippen molar-refractivity contribution in [3.05, 3.63) is 45.9 Å². The number of carbonyl (C=O) groups is 1. The van der Waals surface area contributed by atoms with Gasteiger partial charge in [0.1, 0.15) is 12.4 Å². The zero-order chi connectivity index (χ0) is 16.9. The van der Waals surface area contributed by atoms with Gasteiger partial charge in [0.15, 0.2) is 0 Å². The second kappa shape index (κ2) is 7.79. The Morgan fingerprint density at radius 1 is 1.42 bits per heavy atom. The first-order valence-electron chi connectivity index (χ1n) is 8.62. The lowest BCUT2D eigenvalue weighted by molar-refractivity contribution is 0.0607. The number of ether oxygens (including phenoxy) is 1. The van der Waals surface area contributed by atoms with Crippen LogP contribution in [0.1, 0.15) is 53.7 Å². The third-order valence-electron chi connectivity index (χ3n) is 4.49. The number of hydrogen-bond acceptors (Lipinski definition) is 4. The van der Waals surface area contributed by atoms with Crippen LogP contribution < -0.4 is 4.74 Å². The summed E-state index contributed by atoms with van der Waals surface area (Å²) in [4.78, 5) is 19.3. The van der Waals surface area contributed by atoms with E-state index in [1.165, 1.54) is 6.42 Å². The molecule has 1 atom stereocenters. The van der Waals surface area contributed by atoms with Gasteiger partial charge in [0.05, 0.1) is 10.7 Å². The highest BCUT2D eigenvalue weighted by molar-refractivity contribution is 7.09. The van der Waals surface area contributed by atoms with Crippen LogP contribution >= 0.6 is 11.3 Å². The standard InChI is InChI=1S/C19H24N2O2S/c1-3-17-8-4-5-10-21(17)19(22)15-7-6-9-18(11-15)23-12-16-13-24-14(2)20-16/h6-7,9,11,13,17H,3-5,8,10,12H2,1-2H3. The van der Waals surface area contributed by atoms with Gasteiger partial charge in [-0.2, -0.15) is 0 Å². The van der Waals surface area contributed by atoms with Gasteiger partial charge in [0.2, 0.25) is 0 Å². The van der Waals surface area contributed by atoms with Crippen molar-refractivity contribution < 1.29 is 9.53 Å². The smallest absolute Gasteiger partial charge is 0.254 e. The van der Waals surface area contributed by atoms with Gasteiger partial charge in [-0.15, -0.1) is 11.3 Å². The molecule has 1 saturated heterocycles. The Morgan fingerprint density at radius 3 is 3.04 bits per heavy atom. The molecule has 3 rings (SSSR count). The van der Waals surface area contributed by atoms with Crippen LogP contribution in [0.5, 0.6) is 5.75 Å². The van der Waals surface area contributed by atoms with E-state index in [0.717, 1.165) is 42.3 Å². The molecule has 0 radical (unpaired) electrons. The summed E-state index contributed by atoms with van der Waals surface area (Å²) in [5.74, 6) is 0.841. The summed E-state index contributed by atoms with van der Waals surface area (Å²) >= 11 is 1.62. The fraction of sp³-hybridized carbons (Fsp3) is 0.474. The van der Waals surface area contributed by atoms with E-state index >= 15 is 0 Å². The van der Waals surface area contributed by atoms with Gasteiger partial charge in [-0.25, -0.2) is 4.98 Å². The highest BCUT2D eigenvalue weighted by atomic mass is 32.1. The molecule has 2 aromatic rings. The van der Waals surface area contributed by atoms with Crippen molar-refractivity contribution in [1.82, 2.24) is 9.88 Å². The lowest BCUT2D eigenvalue weighted by atomic mass is 9.99. The molecule has 1 fully saturated rings. The molecule has 24 heavy (non-hydrogen) atoms. The Hall–Kier alpha value is -1.88. The topological polar surface area (TPSA) is 42.4 Å². The van der Waals surface area contributed by atoms with Crippen molar-refractivity contribution in [2.45, 2.75) is 52.2 Å². The van der Waals surface area contributed by atoms with E-state index < -0.39 is 0 Å². The van der Waals surface area contributed by atoms with Gasteiger partial charge >= 0.3 is 0 Å². The molecule has 0 saturated carbocycles. The number of benzene rings is 1. The van der Waals surface area contributed by atoms with Gasteiger partial charge in [0, 0.05) is 23.5 Å². The first-order chi connectivity index (χ1) is 11.7. The molecule has 0 bridgehead atoms. The van der Waals surface area contributed by atoms with Crippen LogP contribution in [0.4, 0.5) is 0 Å². The number of aryl methyl sites for hydroxylation is 1. The van der Waals surface area contributed by atoms with Gasteiger partial charge in [-0.05, 0) is 50.8 Å². The lowest BCUT2D eigenvalue weighted by Crippen LogP contribution is -2.43. The molecule has 0 N–H and O–H groups in total. The maximum atomic E-state index is 12.9. The van der Waals surface area contributed by atoms with Gasteiger partial charge < -0.3 is 9.64 Å². The number of amides is 1. The van der Waals surface area contributed by atoms with Gasteiger partial charge in [0.25, 0.3) is 5.91 Å². The first kappa shape index (κ1) is 17.0. The van der Waals surface area contributed by atoms with E-state index in [-0.39, 0.29) is 5.91 Å². The Morgan fingerprint density at radius 2 is 2.29 bits per heavy atom. The number of rotatable bonds is 5. The van der Waals surface area contributed by atoms with Crippen LogP contribution in [0.25, 0.3) is 0 Å². The molecule has 4 nitrogen and oxygen atoms in total. The van der Waals surface area contributed by atoms with E-state index in [2.05, 4.69) is 11.9 Å². The SMILES string of the molecule is CCC1CCCCN1C(=O)c1cccc(OCc2csc(C)n2)c1. The molecular formula is C19H24N2O2S. The van der Waals surface area contributed by atoms with Crippen LogP contribution in [0.2, 0.25) is 0 Å². The molecule has 1 unspecified atom stereocenters. The summed E-state index contributed by atoms with van der Waals surface area (Å²) in [5.41, 5.74) is 1.64. The van der Waals surface area contributed by atoms with E-state index in [1.54, 1.807) is 11.3 Å².